The zero-order chi connectivity index (χ0) is 12.3. The Morgan fingerprint density at radius 1 is 1.24 bits per heavy atom. The number of aryl methyl sites for hydroxylation is 1. The summed E-state index contributed by atoms with van der Waals surface area (Å²) < 4.78 is 0. The number of nitrogens with zero attached hydrogens (tertiary/aromatic N) is 2. The molecule has 0 aliphatic rings. The number of thiazole rings is 1. The van der Waals surface area contributed by atoms with Crippen LogP contribution >= 0.6 is 11.3 Å². The standard InChI is InChI=1S/C13H17N3S/c1-10-15-13(9-17-10)8-16(2)7-11-3-5-12(14)6-4-11/h3-6,9H,7-8,14H2,1-2H3. The molecule has 3 nitrogen and oxygen atoms in total. The van der Waals surface area contributed by atoms with E-state index in [1.807, 2.05) is 19.1 Å². The van der Waals surface area contributed by atoms with Gasteiger partial charge in [0.1, 0.15) is 0 Å². The number of rotatable bonds is 4. The molecule has 2 N–H and O–H groups in total. The van der Waals surface area contributed by atoms with E-state index in [4.69, 9.17) is 5.73 Å². The number of hydrogen-bond acceptors (Lipinski definition) is 4. The summed E-state index contributed by atoms with van der Waals surface area (Å²) in [6.07, 6.45) is 0. The van der Waals surface area contributed by atoms with Crippen LogP contribution in [-0.2, 0) is 13.1 Å². The van der Waals surface area contributed by atoms with Gasteiger partial charge in [-0.1, -0.05) is 12.1 Å². The van der Waals surface area contributed by atoms with Gasteiger partial charge in [-0.3, -0.25) is 4.90 Å². The van der Waals surface area contributed by atoms with Gasteiger partial charge < -0.3 is 5.73 Å². The highest BCUT2D eigenvalue weighted by atomic mass is 32.1. The molecule has 0 saturated carbocycles. The molecule has 17 heavy (non-hydrogen) atoms. The summed E-state index contributed by atoms with van der Waals surface area (Å²) in [6, 6.07) is 8.02. The Morgan fingerprint density at radius 3 is 2.53 bits per heavy atom. The van der Waals surface area contributed by atoms with Crippen LogP contribution in [0.25, 0.3) is 0 Å². The number of anilines is 1. The minimum Gasteiger partial charge on any atom is -0.399 e. The van der Waals surface area contributed by atoms with Gasteiger partial charge in [-0.05, 0) is 31.7 Å². The monoisotopic (exact) mass is 247 g/mol. The second-order valence-electron chi connectivity index (χ2n) is 4.27. The Kier molecular flexibility index (Phi) is 3.76. The van der Waals surface area contributed by atoms with Crippen LogP contribution in [0.4, 0.5) is 5.69 Å². The summed E-state index contributed by atoms with van der Waals surface area (Å²) in [5, 5.41) is 3.25. The summed E-state index contributed by atoms with van der Waals surface area (Å²) >= 11 is 1.70. The maximum Gasteiger partial charge on any atom is 0.0897 e. The summed E-state index contributed by atoms with van der Waals surface area (Å²) in [5.74, 6) is 0. The molecule has 0 saturated heterocycles. The van der Waals surface area contributed by atoms with Gasteiger partial charge in [-0.15, -0.1) is 11.3 Å². The number of hydrogen-bond donors (Lipinski definition) is 1. The number of aromatic nitrogens is 1. The highest BCUT2D eigenvalue weighted by molar-refractivity contribution is 7.09. The van der Waals surface area contributed by atoms with E-state index in [0.29, 0.717) is 0 Å². The predicted molar refractivity (Wildman–Crippen MR) is 72.9 cm³/mol. The molecule has 0 spiro atoms. The molecule has 1 heterocycles. The van der Waals surface area contributed by atoms with Crippen molar-refractivity contribution >= 4 is 17.0 Å². The third-order valence-electron chi connectivity index (χ3n) is 2.53. The number of nitrogens with two attached hydrogens (primary N) is 1. The molecule has 0 amide bonds. The van der Waals surface area contributed by atoms with Gasteiger partial charge >= 0.3 is 0 Å². The molecular weight excluding hydrogens is 230 g/mol. The van der Waals surface area contributed by atoms with Crippen molar-refractivity contribution in [3.8, 4) is 0 Å². The lowest BCUT2D eigenvalue weighted by Crippen LogP contribution is -2.17. The molecule has 0 radical (unpaired) electrons. The number of nitrogen functional groups attached to an aromatic ring is 1. The molecule has 2 rings (SSSR count). The Balaban J connectivity index is 1.93. The zero-order valence-corrected chi connectivity index (χ0v) is 11.0. The van der Waals surface area contributed by atoms with Gasteiger partial charge in [0.15, 0.2) is 0 Å². The molecule has 0 atom stereocenters. The zero-order valence-electron chi connectivity index (χ0n) is 10.2. The van der Waals surface area contributed by atoms with E-state index in [2.05, 4.69) is 34.4 Å². The second-order valence-corrected chi connectivity index (χ2v) is 5.33. The van der Waals surface area contributed by atoms with E-state index >= 15 is 0 Å². The molecule has 90 valence electrons. The molecule has 1 aromatic heterocycles. The average molecular weight is 247 g/mol. The molecule has 0 aliphatic carbocycles. The topological polar surface area (TPSA) is 42.2 Å². The fourth-order valence-electron chi connectivity index (χ4n) is 1.75. The summed E-state index contributed by atoms with van der Waals surface area (Å²) in [5.41, 5.74) is 8.89. The highest BCUT2D eigenvalue weighted by Crippen LogP contribution is 2.12. The van der Waals surface area contributed by atoms with E-state index in [-0.39, 0.29) is 0 Å². The van der Waals surface area contributed by atoms with E-state index < -0.39 is 0 Å². The largest absolute Gasteiger partial charge is 0.399 e. The first-order chi connectivity index (χ1) is 8.13. The maximum absolute atomic E-state index is 5.66. The van der Waals surface area contributed by atoms with Crippen LogP contribution < -0.4 is 5.73 Å². The fourth-order valence-corrected chi connectivity index (χ4v) is 2.35. The molecule has 0 bridgehead atoms. The summed E-state index contributed by atoms with van der Waals surface area (Å²) in [7, 11) is 2.10. The lowest BCUT2D eigenvalue weighted by molar-refractivity contribution is 0.315. The Labute approximate surface area is 106 Å². The van der Waals surface area contributed by atoms with E-state index in [1.54, 1.807) is 11.3 Å². The minimum absolute atomic E-state index is 0.812. The van der Waals surface area contributed by atoms with Crippen LogP contribution in [0.15, 0.2) is 29.6 Å². The van der Waals surface area contributed by atoms with Crippen molar-refractivity contribution in [2.24, 2.45) is 0 Å². The SMILES string of the molecule is Cc1nc(CN(C)Cc2ccc(N)cc2)cs1. The van der Waals surface area contributed by atoms with Crippen LogP contribution in [0.5, 0.6) is 0 Å². The molecule has 1 aromatic carbocycles. The fraction of sp³-hybridized carbons (Fsp3) is 0.308. The summed E-state index contributed by atoms with van der Waals surface area (Å²) in [6.45, 7) is 3.83. The van der Waals surface area contributed by atoms with Gasteiger partial charge in [0.2, 0.25) is 0 Å². The average Bonchev–Trinajstić information content (AvgIpc) is 2.67. The van der Waals surface area contributed by atoms with Crippen molar-refractivity contribution in [1.29, 1.82) is 0 Å². The molecule has 0 unspecified atom stereocenters. The normalized spacial score (nSPS) is 11.0. The van der Waals surface area contributed by atoms with Crippen LogP contribution in [-0.4, -0.2) is 16.9 Å². The minimum atomic E-state index is 0.812. The smallest absolute Gasteiger partial charge is 0.0897 e. The van der Waals surface area contributed by atoms with E-state index in [1.165, 1.54) is 5.56 Å². The Bertz CT molecular complexity index is 476. The molecule has 0 fully saturated rings. The van der Waals surface area contributed by atoms with Gasteiger partial charge in [0.05, 0.1) is 10.7 Å². The predicted octanol–water partition coefficient (Wildman–Crippen LogP) is 2.67. The summed E-state index contributed by atoms with van der Waals surface area (Å²) in [4.78, 5) is 6.71. The highest BCUT2D eigenvalue weighted by Gasteiger charge is 2.04. The Hall–Kier alpha value is -1.39. The molecular formula is C13H17N3S. The van der Waals surface area contributed by atoms with Crippen LogP contribution in [0.1, 0.15) is 16.3 Å². The van der Waals surface area contributed by atoms with Crippen LogP contribution in [0.3, 0.4) is 0 Å². The second kappa shape index (κ2) is 5.29. The molecule has 2 aromatic rings. The third-order valence-corrected chi connectivity index (χ3v) is 3.35. The first kappa shape index (κ1) is 12.1. The third kappa shape index (κ3) is 3.54. The Morgan fingerprint density at radius 2 is 1.94 bits per heavy atom. The maximum atomic E-state index is 5.66. The van der Waals surface area contributed by atoms with Crippen molar-refractivity contribution in [1.82, 2.24) is 9.88 Å². The quantitative estimate of drug-likeness (QED) is 0.845. The van der Waals surface area contributed by atoms with Gasteiger partial charge in [0.25, 0.3) is 0 Å². The van der Waals surface area contributed by atoms with E-state index in [0.717, 1.165) is 29.5 Å². The van der Waals surface area contributed by atoms with Crippen molar-refractivity contribution in [2.75, 3.05) is 12.8 Å². The van der Waals surface area contributed by atoms with Crippen molar-refractivity contribution in [3.63, 3.8) is 0 Å². The molecule has 0 aliphatic heterocycles. The van der Waals surface area contributed by atoms with E-state index in [9.17, 15) is 0 Å². The first-order valence-corrected chi connectivity index (χ1v) is 6.45. The van der Waals surface area contributed by atoms with Crippen LogP contribution in [0, 0.1) is 6.92 Å². The number of benzene rings is 1. The van der Waals surface area contributed by atoms with Crippen LogP contribution in [0.2, 0.25) is 0 Å². The van der Waals surface area contributed by atoms with Gasteiger partial charge in [-0.2, -0.15) is 0 Å². The van der Waals surface area contributed by atoms with Gasteiger partial charge in [0, 0.05) is 24.2 Å². The molecule has 4 heteroatoms. The van der Waals surface area contributed by atoms with Crippen molar-refractivity contribution in [3.05, 3.63) is 45.9 Å². The van der Waals surface area contributed by atoms with Gasteiger partial charge in [-0.25, -0.2) is 4.98 Å². The first-order valence-electron chi connectivity index (χ1n) is 5.57. The van der Waals surface area contributed by atoms with Crippen molar-refractivity contribution < 1.29 is 0 Å². The lowest BCUT2D eigenvalue weighted by Gasteiger charge is -2.15. The lowest BCUT2D eigenvalue weighted by atomic mass is 10.2. The van der Waals surface area contributed by atoms with Crippen molar-refractivity contribution in [2.45, 2.75) is 20.0 Å².